The first kappa shape index (κ1) is 20.8. The van der Waals surface area contributed by atoms with Gasteiger partial charge in [-0.05, 0) is 56.6 Å². The summed E-state index contributed by atoms with van der Waals surface area (Å²) >= 11 is 1.72. The van der Waals surface area contributed by atoms with Crippen molar-refractivity contribution in [3.8, 4) is 5.75 Å². The number of nitrogens with one attached hydrogen (secondary N) is 2. The minimum atomic E-state index is 0.0145. The highest BCUT2D eigenvalue weighted by molar-refractivity contribution is 7.10. The van der Waals surface area contributed by atoms with Gasteiger partial charge in [-0.25, -0.2) is 0 Å². The highest BCUT2D eigenvalue weighted by atomic mass is 32.1. The molecule has 0 aliphatic carbocycles. The van der Waals surface area contributed by atoms with Crippen LogP contribution in [-0.2, 0) is 4.79 Å². The summed E-state index contributed by atoms with van der Waals surface area (Å²) in [4.78, 5) is 15.9. The number of carbonyl (C=O) groups excluding carboxylic acids is 1. The van der Waals surface area contributed by atoms with E-state index < -0.39 is 0 Å². The number of rotatable bonds is 9. The minimum absolute atomic E-state index is 0.0145. The van der Waals surface area contributed by atoms with Crippen molar-refractivity contribution in [2.75, 3.05) is 31.6 Å². The monoisotopic (exact) mass is 401 g/mol. The summed E-state index contributed by atoms with van der Waals surface area (Å²) in [5, 5.41) is 8.71. The number of amides is 1. The molecule has 2 atom stereocenters. The molecule has 0 bridgehead atoms. The zero-order valence-electron chi connectivity index (χ0n) is 16.8. The highest BCUT2D eigenvalue weighted by Crippen LogP contribution is 2.31. The molecule has 0 unspecified atom stereocenters. The van der Waals surface area contributed by atoms with Crippen LogP contribution in [0.4, 0.5) is 5.69 Å². The van der Waals surface area contributed by atoms with Gasteiger partial charge in [0.1, 0.15) is 11.9 Å². The number of nitrogens with zero attached hydrogens (tertiary/aromatic N) is 1. The molecule has 2 heterocycles. The first-order valence-corrected chi connectivity index (χ1v) is 11.1. The Morgan fingerprint density at radius 2 is 2.21 bits per heavy atom. The summed E-state index contributed by atoms with van der Waals surface area (Å²) in [5.74, 6) is 0.998. The molecule has 1 aliphatic heterocycles. The largest absolute Gasteiger partial charge is 0.485 e. The van der Waals surface area contributed by atoms with Gasteiger partial charge in [0.05, 0.1) is 0 Å². The topological polar surface area (TPSA) is 53.6 Å². The fourth-order valence-electron chi connectivity index (χ4n) is 3.68. The van der Waals surface area contributed by atoms with Crippen molar-refractivity contribution in [3.05, 3.63) is 46.7 Å². The molecule has 28 heavy (non-hydrogen) atoms. The summed E-state index contributed by atoms with van der Waals surface area (Å²) < 4.78 is 6.34. The van der Waals surface area contributed by atoms with E-state index in [-0.39, 0.29) is 18.1 Å². The van der Waals surface area contributed by atoms with Crippen molar-refractivity contribution in [2.24, 2.45) is 0 Å². The molecular weight excluding hydrogens is 370 g/mol. The summed E-state index contributed by atoms with van der Waals surface area (Å²) in [6.07, 6.45) is 3.51. The molecule has 1 aliphatic rings. The maximum atomic E-state index is 12.8. The van der Waals surface area contributed by atoms with Gasteiger partial charge in [0.25, 0.3) is 0 Å². The average molecular weight is 402 g/mol. The van der Waals surface area contributed by atoms with E-state index in [1.54, 1.807) is 11.3 Å². The van der Waals surface area contributed by atoms with Crippen LogP contribution in [0.15, 0.2) is 41.8 Å². The standard InChI is InChI=1S/C22H31N3O2S/c1-3-24-17-7-5-13-25(22(26)15-17)18-8-4-9-19(16-18)27-20(11-12-23-2)21-10-6-14-28-21/h4,6,8-10,14,16-17,20,23-24H,3,5,7,11-13,15H2,1-2H3/t17-,20+/m1/s1. The van der Waals surface area contributed by atoms with E-state index in [0.717, 1.165) is 50.3 Å². The van der Waals surface area contributed by atoms with E-state index in [2.05, 4.69) is 35.1 Å². The third-order valence-corrected chi connectivity index (χ3v) is 6.04. The van der Waals surface area contributed by atoms with E-state index in [0.29, 0.717) is 6.42 Å². The molecule has 1 fully saturated rings. The van der Waals surface area contributed by atoms with Crippen LogP contribution in [0.1, 0.15) is 43.6 Å². The molecule has 2 aromatic rings. The number of anilines is 1. The molecule has 1 saturated heterocycles. The predicted octanol–water partition coefficient (Wildman–Crippen LogP) is 3.97. The van der Waals surface area contributed by atoms with Crippen LogP contribution in [-0.4, -0.2) is 38.6 Å². The molecule has 152 valence electrons. The first-order chi connectivity index (χ1) is 13.7. The molecule has 1 aromatic carbocycles. The Morgan fingerprint density at radius 1 is 1.32 bits per heavy atom. The molecule has 2 N–H and O–H groups in total. The lowest BCUT2D eigenvalue weighted by Gasteiger charge is -2.23. The average Bonchev–Trinajstić information content (AvgIpc) is 3.16. The number of benzene rings is 1. The van der Waals surface area contributed by atoms with Crippen LogP contribution in [0.5, 0.6) is 5.75 Å². The van der Waals surface area contributed by atoms with Crippen LogP contribution in [0.2, 0.25) is 0 Å². The van der Waals surface area contributed by atoms with E-state index in [1.165, 1.54) is 4.88 Å². The number of carbonyl (C=O) groups is 1. The normalized spacial score (nSPS) is 18.7. The van der Waals surface area contributed by atoms with Crippen molar-refractivity contribution in [3.63, 3.8) is 0 Å². The fraction of sp³-hybridized carbons (Fsp3) is 0.500. The quantitative estimate of drug-likeness (QED) is 0.668. The van der Waals surface area contributed by atoms with Gasteiger partial charge < -0.3 is 20.3 Å². The predicted molar refractivity (Wildman–Crippen MR) is 116 cm³/mol. The Morgan fingerprint density at radius 3 is 2.96 bits per heavy atom. The molecule has 3 rings (SSSR count). The second-order valence-electron chi connectivity index (χ2n) is 7.16. The third-order valence-electron chi connectivity index (χ3n) is 5.07. The maximum Gasteiger partial charge on any atom is 0.228 e. The van der Waals surface area contributed by atoms with Gasteiger partial charge in [-0.1, -0.05) is 19.1 Å². The van der Waals surface area contributed by atoms with Gasteiger partial charge in [-0.15, -0.1) is 11.3 Å². The Hall–Kier alpha value is -1.89. The molecular formula is C22H31N3O2S. The van der Waals surface area contributed by atoms with Gasteiger partial charge in [-0.3, -0.25) is 4.79 Å². The smallest absolute Gasteiger partial charge is 0.228 e. The van der Waals surface area contributed by atoms with Crippen molar-refractivity contribution in [1.82, 2.24) is 10.6 Å². The minimum Gasteiger partial charge on any atom is -0.485 e. The number of hydrogen-bond donors (Lipinski definition) is 2. The molecule has 0 saturated carbocycles. The van der Waals surface area contributed by atoms with Crippen LogP contribution in [0, 0.1) is 0 Å². The molecule has 5 nitrogen and oxygen atoms in total. The molecule has 6 heteroatoms. The van der Waals surface area contributed by atoms with Crippen molar-refractivity contribution < 1.29 is 9.53 Å². The second-order valence-corrected chi connectivity index (χ2v) is 8.14. The van der Waals surface area contributed by atoms with Gasteiger partial charge in [0.15, 0.2) is 0 Å². The number of ether oxygens (including phenoxy) is 1. The van der Waals surface area contributed by atoms with Crippen molar-refractivity contribution in [2.45, 2.75) is 44.8 Å². The van der Waals surface area contributed by atoms with Crippen LogP contribution in [0.25, 0.3) is 0 Å². The SMILES string of the molecule is CCN[C@@H]1CCCN(c2cccc(O[C@@H](CCNC)c3cccs3)c2)C(=O)C1. The Labute approximate surface area is 172 Å². The zero-order chi connectivity index (χ0) is 19.8. The van der Waals surface area contributed by atoms with Crippen molar-refractivity contribution >= 4 is 22.9 Å². The van der Waals surface area contributed by atoms with E-state index in [4.69, 9.17) is 4.74 Å². The van der Waals surface area contributed by atoms with E-state index in [1.807, 2.05) is 36.2 Å². The highest BCUT2D eigenvalue weighted by Gasteiger charge is 2.24. The van der Waals surface area contributed by atoms with Crippen LogP contribution >= 0.6 is 11.3 Å². The lowest BCUT2D eigenvalue weighted by Crippen LogP contribution is -2.34. The van der Waals surface area contributed by atoms with E-state index in [9.17, 15) is 4.79 Å². The summed E-state index contributed by atoms with van der Waals surface area (Å²) in [6.45, 7) is 4.64. The Kier molecular flexibility index (Phi) is 7.89. The molecule has 1 amide bonds. The van der Waals surface area contributed by atoms with E-state index >= 15 is 0 Å². The summed E-state index contributed by atoms with van der Waals surface area (Å²) in [6, 6.07) is 12.4. The maximum absolute atomic E-state index is 12.8. The van der Waals surface area contributed by atoms with Gasteiger partial charge in [0, 0.05) is 42.1 Å². The zero-order valence-corrected chi connectivity index (χ0v) is 17.6. The fourth-order valence-corrected chi connectivity index (χ4v) is 4.47. The first-order valence-electron chi connectivity index (χ1n) is 10.2. The number of thiophene rings is 1. The second kappa shape index (κ2) is 10.6. The van der Waals surface area contributed by atoms with Gasteiger partial charge in [-0.2, -0.15) is 0 Å². The number of hydrogen-bond acceptors (Lipinski definition) is 5. The van der Waals surface area contributed by atoms with Gasteiger partial charge >= 0.3 is 0 Å². The molecule has 0 spiro atoms. The van der Waals surface area contributed by atoms with Crippen molar-refractivity contribution in [1.29, 1.82) is 0 Å². The molecule has 0 radical (unpaired) electrons. The Bertz CT molecular complexity index is 735. The summed E-state index contributed by atoms with van der Waals surface area (Å²) in [5.41, 5.74) is 0.929. The lowest BCUT2D eigenvalue weighted by atomic mass is 10.1. The third kappa shape index (κ3) is 5.56. The Balaban J connectivity index is 1.73. The van der Waals surface area contributed by atoms with Gasteiger partial charge in [0.2, 0.25) is 5.91 Å². The van der Waals surface area contributed by atoms with Crippen LogP contribution in [0.3, 0.4) is 0 Å². The summed E-state index contributed by atoms with van der Waals surface area (Å²) in [7, 11) is 1.96. The van der Waals surface area contributed by atoms with Crippen LogP contribution < -0.4 is 20.3 Å². The molecule has 1 aromatic heterocycles. The lowest BCUT2D eigenvalue weighted by molar-refractivity contribution is -0.118.